The van der Waals surface area contributed by atoms with Gasteiger partial charge >= 0.3 is 0 Å². The van der Waals surface area contributed by atoms with Gasteiger partial charge in [-0.05, 0) is 54.8 Å². The van der Waals surface area contributed by atoms with Crippen molar-refractivity contribution in [3.8, 4) is 11.3 Å². The second-order valence-corrected chi connectivity index (χ2v) is 9.34. The molecule has 2 fully saturated rings. The summed E-state index contributed by atoms with van der Waals surface area (Å²) >= 11 is 0. The number of nitrogens with two attached hydrogens (primary N) is 1. The molecule has 1 saturated heterocycles. The highest BCUT2D eigenvalue weighted by Gasteiger charge is 2.32. The van der Waals surface area contributed by atoms with E-state index in [0.717, 1.165) is 35.3 Å². The zero-order valence-corrected chi connectivity index (χ0v) is 19.6. The van der Waals surface area contributed by atoms with Crippen LogP contribution in [-0.4, -0.2) is 50.5 Å². The highest BCUT2D eigenvalue weighted by Crippen LogP contribution is 2.30. The Bertz CT molecular complexity index is 1420. The van der Waals surface area contributed by atoms with Crippen LogP contribution in [-0.2, 0) is 16.1 Å². The highest BCUT2D eigenvalue weighted by molar-refractivity contribution is 5.95. The Labute approximate surface area is 207 Å². The van der Waals surface area contributed by atoms with Gasteiger partial charge in [0, 0.05) is 35.8 Å². The smallest absolute Gasteiger partial charge is 0.254 e. The number of amides is 2. The van der Waals surface area contributed by atoms with E-state index in [0.29, 0.717) is 36.9 Å². The maximum Gasteiger partial charge on any atom is 0.254 e. The topological polar surface area (TPSA) is 115 Å². The van der Waals surface area contributed by atoms with E-state index in [2.05, 4.69) is 15.4 Å². The molecule has 9 heteroatoms. The number of pyridine rings is 1. The van der Waals surface area contributed by atoms with Gasteiger partial charge < -0.3 is 15.4 Å². The van der Waals surface area contributed by atoms with E-state index in [1.54, 1.807) is 9.42 Å². The maximum atomic E-state index is 12.9. The second-order valence-electron chi connectivity index (χ2n) is 9.34. The van der Waals surface area contributed by atoms with E-state index >= 15 is 0 Å². The second kappa shape index (κ2) is 9.09. The number of nitrogens with one attached hydrogen (secondary N) is 1. The average Bonchev–Trinajstić information content (AvgIpc) is 3.64. The average molecular weight is 483 g/mol. The molecule has 1 aliphatic carbocycles. The fourth-order valence-electron chi connectivity index (χ4n) is 4.24. The summed E-state index contributed by atoms with van der Waals surface area (Å²) < 4.78 is 7.61. The number of nitrogen functional groups attached to an aromatic ring is 1. The summed E-state index contributed by atoms with van der Waals surface area (Å²) in [6.45, 7) is 1.65. The molecule has 182 valence electrons. The van der Waals surface area contributed by atoms with Crippen LogP contribution >= 0.6 is 0 Å². The Kier molecular flexibility index (Phi) is 5.61. The van der Waals surface area contributed by atoms with Crippen molar-refractivity contribution in [3.63, 3.8) is 0 Å². The van der Waals surface area contributed by atoms with Crippen LogP contribution in [0, 0.1) is 5.92 Å². The van der Waals surface area contributed by atoms with Crippen molar-refractivity contribution >= 4 is 29.1 Å². The number of carbonyl (C=O) groups excluding carboxylic acids is 2. The Hall–Kier alpha value is -4.24. The number of ether oxygens (including phenoxy) is 1. The molecular formula is C27H26N6O3. The first kappa shape index (κ1) is 22.2. The summed E-state index contributed by atoms with van der Waals surface area (Å²) in [5, 5.41) is 7.28. The molecular weight excluding hydrogens is 456 g/mol. The van der Waals surface area contributed by atoms with Gasteiger partial charge in [-0.1, -0.05) is 30.3 Å². The van der Waals surface area contributed by atoms with Crippen LogP contribution in [0.25, 0.3) is 16.9 Å². The van der Waals surface area contributed by atoms with Gasteiger partial charge in [-0.2, -0.15) is 4.98 Å². The third-order valence-electron chi connectivity index (χ3n) is 6.57. The van der Waals surface area contributed by atoms with Crippen LogP contribution < -0.4 is 11.1 Å². The van der Waals surface area contributed by atoms with Crippen LogP contribution in [0.5, 0.6) is 0 Å². The van der Waals surface area contributed by atoms with Crippen molar-refractivity contribution in [1.29, 1.82) is 0 Å². The molecule has 0 radical (unpaired) electrons. The Morgan fingerprint density at radius 2 is 1.75 bits per heavy atom. The molecule has 4 aromatic rings. The lowest BCUT2D eigenvalue weighted by molar-refractivity contribution is -0.117. The number of fused-ring (bicyclic) bond motifs is 1. The van der Waals surface area contributed by atoms with E-state index < -0.39 is 0 Å². The van der Waals surface area contributed by atoms with Gasteiger partial charge in [0.15, 0.2) is 5.65 Å². The molecule has 1 saturated carbocycles. The normalized spacial score (nSPS) is 15.6. The molecule has 3 N–H and O–H groups in total. The summed E-state index contributed by atoms with van der Waals surface area (Å²) in [5.41, 5.74) is 10.5. The number of anilines is 2. The molecule has 2 aliphatic rings. The molecule has 6 rings (SSSR count). The largest absolute Gasteiger partial charge is 0.399 e. The van der Waals surface area contributed by atoms with Crippen molar-refractivity contribution in [2.75, 3.05) is 24.1 Å². The first-order valence-electron chi connectivity index (χ1n) is 12.1. The summed E-state index contributed by atoms with van der Waals surface area (Å²) in [6, 6.07) is 20.7. The van der Waals surface area contributed by atoms with Crippen LogP contribution in [0.1, 0.15) is 28.8 Å². The van der Waals surface area contributed by atoms with Crippen molar-refractivity contribution in [1.82, 2.24) is 19.5 Å². The number of aromatic nitrogens is 3. The molecule has 2 aromatic heterocycles. The quantitative estimate of drug-likeness (QED) is 0.390. The van der Waals surface area contributed by atoms with E-state index in [1.165, 1.54) is 0 Å². The molecule has 2 aromatic carbocycles. The number of benzene rings is 2. The molecule has 36 heavy (non-hydrogen) atoms. The van der Waals surface area contributed by atoms with Crippen LogP contribution in [0.15, 0.2) is 66.7 Å². The molecule has 1 aliphatic heterocycles. The van der Waals surface area contributed by atoms with E-state index in [1.807, 2.05) is 66.7 Å². The van der Waals surface area contributed by atoms with E-state index in [9.17, 15) is 9.59 Å². The lowest BCUT2D eigenvalue weighted by atomic mass is 10.1. The summed E-state index contributed by atoms with van der Waals surface area (Å²) in [4.78, 5) is 31.2. The van der Waals surface area contributed by atoms with Crippen molar-refractivity contribution in [3.05, 3.63) is 77.9 Å². The minimum atomic E-state index is -0.0285. The SMILES string of the molecule is Nc1ccc(COC2CN(C(=O)c3ccc(-c4cccc5nc(NC(=O)C6CC6)nn45)cc3)C2)cc1. The standard InChI is InChI=1S/C27H26N6O3/c28-21-12-4-17(5-13-21)16-36-22-14-32(15-22)26(35)20-10-6-18(7-11-20)23-2-1-3-24-29-27(31-33(23)24)30-25(34)19-8-9-19/h1-7,10-13,19,22H,8-9,14-16,28H2,(H,30,31,34). The van der Waals surface area contributed by atoms with Crippen LogP contribution in [0.4, 0.5) is 11.6 Å². The molecule has 0 bridgehead atoms. The Balaban J connectivity index is 1.09. The lowest BCUT2D eigenvalue weighted by Crippen LogP contribution is -2.54. The van der Waals surface area contributed by atoms with Gasteiger partial charge in [0.05, 0.1) is 18.4 Å². The minimum Gasteiger partial charge on any atom is -0.399 e. The molecule has 0 unspecified atom stereocenters. The monoisotopic (exact) mass is 482 g/mol. The summed E-state index contributed by atoms with van der Waals surface area (Å²) in [6.07, 6.45) is 1.87. The minimum absolute atomic E-state index is 0.0158. The highest BCUT2D eigenvalue weighted by atomic mass is 16.5. The number of nitrogens with zero attached hydrogens (tertiary/aromatic N) is 4. The fraction of sp³-hybridized carbons (Fsp3) is 0.259. The van der Waals surface area contributed by atoms with Gasteiger partial charge in [0.2, 0.25) is 11.9 Å². The maximum absolute atomic E-state index is 12.9. The van der Waals surface area contributed by atoms with Gasteiger partial charge in [-0.15, -0.1) is 5.10 Å². The Morgan fingerprint density at radius 1 is 1.00 bits per heavy atom. The van der Waals surface area contributed by atoms with Gasteiger partial charge in [-0.3, -0.25) is 14.9 Å². The van der Waals surface area contributed by atoms with Gasteiger partial charge in [0.1, 0.15) is 0 Å². The fourth-order valence-corrected chi connectivity index (χ4v) is 4.24. The van der Waals surface area contributed by atoms with Crippen LogP contribution in [0.3, 0.4) is 0 Å². The molecule has 0 spiro atoms. The summed E-state index contributed by atoms with van der Waals surface area (Å²) in [7, 11) is 0. The van der Waals surface area contributed by atoms with E-state index in [-0.39, 0.29) is 23.8 Å². The number of carbonyl (C=O) groups is 2. The zero-order chi connectivity index (χ0) is 24.6. The summed E-state index contributed by atoms with van der Waals surface area (Å²) in [5.74, 6) is 0.340. The van der Waals surface area contributed by atoms with E-state index in [4.69, 9.17) is 10.5 Å². The van der Waals surface area contributed by atoms with Gasteiger partial charge in [0.25, 0.3) is 5.91 Å². The predicted octanol–water partition coefficient (Wildman–Crippen LogP) is 3.37. The van der Waals surface area contributed by atoms with Crippen molar-refractivity contribution in [2.24, 2.45) is 5.92 Å². The number of rotatable bonds is 7. The van der Waals surface area contributed by atoms with Gasteiger partial charge in [-0.25, -0.2) is 4.52 Å². The molecule has 9 nitrogen and oxygen atoms in total. The predicted molar refractivity (Wildman–Crippen MR) is 135 cm³/mol. The first-order valence-corrected chi connectivity index (χ1v) is 12.1. The third-order valence-corrected chi connectivity index (χ3v) is 6.57. The first-order chi connectivity index (χ1) is 17.5. The zero-order valence-electron chi connectivity index (χ0n) is 19.6. The number of hydrogen-bond donors (Lipinski definition) is 2. The van der Waals surface area contributed by atoms with Crippen molar-refractivity contribution in [2.45, 2.75) is 25.6 Å². The molecule has 2 amide bonds. The van der Waals surface area contributed by atoms with Crippen molar-refractivity contribution < 1.29 is 14.3 Å². The third kappa shape index (κ3) is 4.52. The number of hydrogen-bond acceptors (Lipinski definition) is 6. The Morgan fingerprint density at radius 3 is 2.47 bits per heavy atom. The number of likely N-dealkylation sites (tertiary alicyclic amines) is 1. The molecule has 0 atom stereocenters. The molecule has 3 heterocycles. The lowest BCUT2D eigenvalue weighted by Gasteiger charge is -2.39. The van der Waals surface area contributed by atoms with Crippen LogP contribution in [0.2, 0.25) is 0 Å².